The van der Waals surface area contributed by atoms with Crippen LogP contribution in [0, 0.1) is 11.8 Å². The van der Waals surface area contributed by atoms with E-state index in [1.807, 2.05) is 0 Å². The van der Waals surface area contributed by atoms with E-state index < -0.39 is 11.6 Å². The van der Waals surface area contributed by atoms with E-state index in [0.717, 1.165) is 38.5 Å². The predicted octanol–water partition coefficient (Wildman–Crippen LogP) is 1.64. The van der Waals surface area contributed by atoms with Crippen molar-refractivity contribution < 1.29 is 19.8 Å². The Kier molecular flexibility index (Phi) is 4.68. The smallest absolute Gasteiger partial charge is 0.306 e. The van der Waals surface area contributed by atoms with Gasteiger partial charge in [0.15, 0.2) is 0 Å². The monoisotopic (exact) mass is 283 g/mol. The first-order valence-electron chi connectivity index (χ1n) is 7.61. The third-order valence-electron chi connectivity index (χ3n) is 4.81. The van der Waals surface area contributed by atoms with Crippen molar-refractivity contribution in [2.75, 3.05) is 13.6 Å². The van der Waals surface area contributed by atoms with Crippen LogP contribution < -0.4 is 0 Å². The number of rotatable bonds is 4. The van der Waals surface area contributed by atoms with Crippen LogP contribution >= 0.6 is 0 Å². The largest absolute Gasteiger partial charge is 0.481 e. The molecule has 0 bridgehead atoms. The maximum absolute atomic E-state index is 12.4. The zero-order valence-corrected chi connectivity index (χ0v) is 12.2. The summed E-state index contributed by atoms with van der Waals surface area (Å²) in [4.78, 5) is 25.1. The molecular formula is C15H25NO4. The van der Waals surface area contributed by atoms with Gasteiger partial charge in [0, 0.05) is 19.5 Å². The molecule has 0 aliphatic heterocycles. The van der Waals surface area contributed by atoms with Crippen LogP contribution in [-0.2, 0) is 9.59 Å². The lowest BCUT2D eigenvalue weighted by molar-refractivity contribution is -0.146. The molecule has 2 N–H and O–H groups in total. The maximum atomic E-state index is 12.4. The maximum Gasteiger partial charge on any atom is 0.306 e. The summed E-state index contributed by atoms with van der Waals surface area (Å²) in [7, 11) is 1.73. The SMILES string of the molecule is CN(CC1(O)CCCC1)C(=O)C1CCCC(C(=O)O)C1. The summed E-state index contributed by atoms with van der Waals surface area (Å²) in [6.45, 7) is 0.375. The number of aliphatic carboxylic acids is 1. The Balaban J connectivity index is 1.91. The number of hydrogen-bond acceptors (Lipinski definition) is 3. The highest BCUT2D eigenvalue weighted by molar-refractivity contribution is 5.80. The second-order valence-corrected chi connectivity index (χ2v) is 6.52. The molecule has 5 heteroatoms. The van der Waals surface area contributed by atoms with Crippen molar-refractivity contribution in [3.05, 3.63) is 0 Å². The van der Waals surface area contributed by atoms with E-state index in [0.29, 0.717) is 19.4 Å². The first-order chi connectivity index (χ1) is 9.41. The minimum Gasteiger partial charge on any atom is -0.481 e. The molecule has 0 aromatic carbocycles. The summed E-state index contributed by atoms with van der Waals surface area (Å²) in [6.07, 6.45) is 6.23. The fraction of sp³-hybridized carbons (Fsp3) is 0.867. The molecule has 1 amide bonds. The lowest BCUT2D eigenvalue weighted by Gasteiger charge is -2.33. The van der Waals surface area contributed by atoms with Crippen molar-refractivity contribution in [2.45, 2.75) is 57.0 Å². The van der Waals surface area contributed by atoms with E-state index in [1.54, 1.807) is 11.9 Å². The molecule has 2 saturated carbocycles. The van der Waals surface area contributed by atoms with Crippen molar-refractivity contribution in [1.82, 2.24) is 4.90 Å². The lowest BCUT2D eigenvalue weighted by atomic mass is 9.80. The lowest BCUT2D eigenvalue weighted by Crippen LogP contribution is -2.45. The van der Waals surface area contributed by atoms with Crippen molar-refractivity contribution >= 4 is 11.9 Å². The zero-order chi connectivity index (χ0) is 14.8. The first-order valence-corrected chi connectivity index (χ1v) is 7.61. The van der Waals surface area contributed by atoms with Gasteiger partial charge in [0.05, 0.1) is 11.5 Å². The van der Waals surface area contributed by atoms with Gasteiger partial charge in [0.25, 0.3) is 0 Å². The molecule has 20 heavy (non-hydrogen) atoms. The minimum absolute atomic E-state index is 0.00345. The van der Waals surface area contributed by atoms with Gasteiger partial charge >= 0.3 is 5.97 Å². The normalized spacial score (nSPS) is 29.1. The molecule has 0 saturated heterocycles. The summed E-state index contributed by atoms with van der Waals surface area (Å²) in [6, 6.07) is 0. The Morgan fingerprint density at radius 1 is 1.15 bits per heavy atom. The van der Waals surface area contributed by atoms with E-state index in [4.69, 9.17) is 5.11 Å². The molecule has 0 aromatic rings. The standard InChI is InChI=1S/C15H25NO4/c1-16(10-15(20)7-2-3-8-15)13(17)11-5-4-6-12(9-11)14(18)19/h11-12,20H,2-10H2,1H3,(H,18,19). The van der Waals surface area contributed by atoms with Crippen molar-refractivity contribution in [3.8, 4) is 0 Å². The second-order valence-electron chi connectivity index (χ2n) is 6.52. The van der Waals surface area contributed by atoms with Crippen LogP contribution in [0.5, 0.6) is 0 Å². The molecule has 2 atom stereocenters. The van der Waals surface area contributed by atoms with Gasteiger partial charge < -0.3 is 15.1 Å². The average Bonchev–Trinajstić information content (AvgIpc) is 2.84. The molecule has 5 nitrogen and oxygen atoms in total. The molecule has 0 aromatic heterocycles. The molecule has 2 fully saturated rings. The van der Waals surface area contributed by atoms with Crippen LogP contribution in [0.2, 0.25) is 0 Å². The molecule has 114 valence electrons. The number of carboxylic acids is 1. The Bertz CT molecular complexity index is 376. The van der Waals surface area contributed by atoms with Gasteiger partial charge in [-0.05, 0) is 32.1 Å². The highest BCUT2D eigenvalue weighted by atomic mass is 16.4. The zero-order valence-electron chi connectivity index (χ0n) is 12.2. The van der Waals surface area contributed by atoms with Crippen molar-refractivity contribution in [3.63, 3.8) is 0 Å². The summed E-state index contributed by atoms with van der Waals surface area (Å²) in [5.41, 5.74) is -0.731. The van der Waals surface area contributed by atoms with Crippen LogP contribution in [0.25, 0.3) is 0 Å². The summed E-state index contributed by atoms with van der Waals surface area (Å²) in [5.74, 6) is -1.38. The van der Waals surface area contributed by atoms with Gasteiger partial charge in [-0.2, -0.15) is 0 Å². The Morgan fingerprint density at radius 2 is 1.75 bits per heavy atom. The molecule has 2 unspecified atom stereocenters. The fourth-order valence-corrected chi connectivity index (χ4v) is 3.66. The molecule has 0 radical (unpaired) electrons. The number of carbonyl (C=O) groups excluding carboxylic acids is 1. The van der Waals surface area contributed by atoms with Crippen molar-refractivity contribution in [2.24, 2.45) is 11.8 Å². The number of amides is 1. The molecule has 2 aliphatic carbocycles. The Morgan fingerprint density at radius 3 is 2.35 bits per heavy atom. The van der Waals surface area contributed by atoms with Gasteiger partial charge in [0.1, 0.15) is 0 Å². The molecular weight excluding hydrogens is 258 g/mol. The molecule has 2 aliphatic rings. The fourth-order valence-electron chi connectivity index (χ4n) is 3.66. The summed E-state index contributed by atoms with van der Waals surface area (Å²) >= 11 is 0. The summed E-state index contributed by atoms with van der Waals surface area (Å²) in [5, 5.41) is 19.4. The molecule has 0 heterocycles. The van der Waals surface area contributed by atoms with Crippen LogP contribution in [0.4, 0.5) is 0 Å². The van der Waals surface area contributed by atoms with Gasteiger partial charge in [-0.15, -0.1) is 0 Å². The topological polar surface area (TPSA) is 77.8 Å². The number of aliphatic hydroxyl groups is 1. The average molecular weight is 283 g/mol. The van der Waals surface area contributed by atoms with Crippen LogP contribution in [0.3, 0.4) is 0 Å². The number of likely N-dealkylation sites (N-methyl/N-ethyl adjacent to an activating group) is 1. The predicted molar refractivity (Wildman–Crippen MR) is 74.1 cm³/mol. The second kappa shape index (κ2) is 6.12. The first kappa shape index (κ1) is 15.3. The van der Waals surface area contributed by atoms with Gasteiger partial charge in [-0.1, -0.05) is 19.3 Å². The Labute approximate surface area is 120 Å². The van der Waals surface area contributed by atoms with E-state index in [1.165, 1.54) is 0 Å². The van der Waals surface area contributed by atoms with E-state index in [2.05, 4.69) is 0 Å². The molecule has 2 rings (SSSR count). The third-order valence-corrected chi connectivity index (χ3v) is 4.81. The Hall–Kier alpha value is -1.10. The number of carbonyl (C=O) groups is 2. The number of nitrogens with zero attached hydrogens (tertiary/aromatic N) is 1. The third kappa shape index (κ3) is 3.51. The quantitative estimate of drug-likeness (QED) is 0.822. The minimum atomic E-state index is -0.792. The highest BCUT2D eigenvalue weighted by Crippen LogP contribution is 2.33. The van der Waals surface area contributed by atoms with Gasteiger partial charge in [-0.3, -0.25) is 9.59 Å². The van der Waals surface area contributed by atoms with E-state index in [9.17, 15) is 14.7 Å². The van der Waals surface area contributed by atoms with Gasteiger partial charge in [-0.25, -0.2) is 0 Å². The summed E-state index contributed by atoms with van der Waals surface area (Å²) < 4.78 is 0. The van der Waals surface area contributed by atoms with Crippen molar-refractivity contribution in [1.29, 1.82) is 0 Å². The highest BCUT2D eigenvalue weighted by Gasteiger charge is 2.37. The van der Waals surface area contributed by atoms with E-state index >= 15 is 0 Å². The number of hydrogen-bond donors (Lipinski definition) is 2. The van der Waals surface area contributed by atoms with Gasteiger partial charge in [0.2, 0.25) is 5.91 Å². The van der Waals surface area contributed by atoms with Crippen LogP contribution in [0.1, 0.15) is 51.4 Å². The number of carboxylic acid groups (broad SMARTS) is 1. The van der Waals surface area contributed by atoms with Crippen LogP contribution in [-0.4, -0.2) is 46.2 Å². The van der Waals surface area contributed by atoms with E-state index in [-0.39, 0.29) is 17.7 Å². The molecule has 0 spiro atoms. The van der Waals surface area contributed by atoms with Crippen LogP contribution in [0.15, 0.2) is 0 Å².